The van der Waals surface area contributed by atoms with Gasteiger partial charge in [-0.2, -0.15) is 0 Å². The van der Waals surface area contributed by atoms with Crippen LogP contribution < -0.4 is 10.6 Å². The number of nitrogens with zero attached hydrogens (tertiary/aromatic N) is 1. The first-order chi connectivity index (χ1) is 9.00. The minimum Gasteiger partial charge on any atom is -0.481 e. The molecule has 6 nitrogen and oxygen atoms in total. The molecule has 1 aromatic carbocycles. The van der Waals surface area contributed by atoms with Crippen LogP contribution >= 0.6 is 0 Å². The lowest BCUT2D eigenvalue weighted by Crippen LogP contribution is -2.31. The molecular weight excluding hydrogens is 246 g/mol. The monoisotopic (exact) mass is 261 g/mol. The van der Waals surface area contributed by atoms with Crippen LogP contribution in [0.4, 0.5) is 5.69 Å². The largest absolute Gasteiger partial charge is 0.481 e. The lowest BCUT2D eigenvalue weighted by molar-refractivity contribution is -0.142. The third-order valence-corrected chi connectivity index (χ3v) is 3.79. The van der Waals surface area contributed by atoms with Crippen molar-refractivity contribution in [2.75, 3.05) is 18.5 Å². The van der Waals surface area contributed by atoms with Crippen LogP contribution in [0.15, 0.2) is 23.0 Å². The van der Waals surface area contributed by atoms with Gasteiger partial charge in [0.1, 0.15) is 0 Å². The number of carboxylic acid groups (broad SMARTS) is 1. The highest BCUT2D eigenvalue weighted by Gasteiger charge is 2.50. The molecule has 0 spiro atoms. The van der Waals surface area contributed by atoms with E-state index >= 15 is 0 Å². The Morgan fingerprint density at radius 2 is 2.05 bits per heavy atom. The number of nitrogens with one attached hydrogen (secondary N) is 2. The van der Waals surface area contributed by atoms with Crippen LogP contribution in [0.2, 0.25) is 0 Å². The summed E-state index contributed by atoms with van der Waals surface area (Å²) in [5, 5.41) is 9.20. The van der Waals surface area contributed by atoms with E-state index in [2.05, 4.69) is 9.97 Å². The second-order valence-electron chi connectivity index (χ2n) is 5.25. The lowest BCUT2D eigenvalue weighted by atomic mass is 10.1. The normalized spacial score (nSPS) is 16.5. The molecule has 0 aliphatic heterocycles. The highest BCUT2D eigenvalue weighted by Crippen LogP contribution is 2.46. The quantitative estimate of drug-likeness (QED) is 0.770. The highest BCUT2D eigenvalue weighted by atomic mass is 16.4. The minimum atomic E-state index is -0.726. The summed E-state index contributed by atoms with van der Waals surface area (Å²) in [5.41, 5.74) is 1.56. The van der Waals surface area contributed by atoms with Gasteiger partial charge in [0, 0.05) is 19.3 Å². The molecule has 3 rings (SSSR count). The van der Waals surface area contributed by atoms with E-state index in [0.717, 1.165) is 29.6 Å². The van der Waals surface area contributed by atoms with Crippen LogP contribution in [0.5, 0.6) is 0 Å². The molecule has 6 heteroatoms. The summed E-state index contributed by atoms with van der Waals surface area (Å²) in [6.07, 6.45) is 1.46. The van der Waals surface area contributed by atoms with Gasteiger partial charge in [-0.15, -0.1) is 0 Å². The number of H-pyrrole nitrogens is 2. The number of fused-ring (bicyclic) bond motifs is 1. The van der Waals surface area contributed by atoms with Gasteiger partial charge in [-0.25, -0.2) is 4.79 Å². The van der Waals surface area contributed by atoms with Crippen LogP contribution in [0.1, 0.15) is 12.8 Å². The molecule has 0 atom stereocenters. The van der Waals surface area contributed by atoms with Crippen molar-refractivity contribution in [2.45, 2.75) is 12.8 Å². The van der Waals surface area contributed by atoms with E-state index in [1.807, 2.05) is 30.1 Å². The van der Waals surface area contributed by atoms with Gasteiger partial charge in [0.25, 0.3) is 0 Å². The third kappa shape index (κ3) is 1.99. The predicted molar refractivity (Wildman–Crippen MR) is 71.5 cm³/mol. The van der Waals surface area contributed by atoms with Gasteiger partial charge in [-0.05, 0) is 31.0 Å². The van der Waals surface area contributed by atoms with Crippen molar-refractivity contribution in [1.82, 2.24) is 9.97 Å². The smallest absolute Gasteiger partial charge is 0.323 e. The molecule has 1 fully saturated rings. The Bertz CT molecular complexity index is 696. The molecule has 0 radical (unpaired) electrons. The average molecular weight is 261 g/mol. The molecule has 19 heavy (non-hydrogen) atoms. The Kier molecular flexibility index (Phi) is 2.41. The maximum absolute atomic E-state index is 11.2. The first-order valence-corrected chi connectivity index (χ1v) is 6.17. The van der Waals surface area contributed by atoms with Gasteiger partial charge in [-0.1, -0.05) is 0 Å². The molecule has 0 amide bonds. The second-order valence-corrected chi connectivity index (χ2v) is 5.25. The first kappa shape index (κ1) is 11.8. The van der Waals surface area contributed by atoms with Gasteiger partial charge in [0.15, 0.2) is 0 Å². The Morgan fingerprint density at radius 1 is 1.37 bits per heavy atom. The van der Waals surface area contributed by atoms with Crippen molar-refractivity contribution in [3.05, 3.63) is 28.7 Å². The summed E-state index contributed by atoms with van der Waals surface area (Å²) < 4.78 is 0. The molecular formula is C13H15N3O3. The fourth-order valence-electron chi connectivity index (χ4n) is 2.39. The van der Waals surface area contributed by atoms with Crippen LogP contribution in [0.3, 0.4) is 0 Å². The summed E-state index contributed by atoms with van der Waals surface area (Å²) >= 11 is 0. The van der Waals surface area contributed by atoms with E-state index < -0.39 is 11.4 Å². The van der Waals surface area contributed by atoms with Crippen LogP contribution in [-0.2, 0) is 4.79 Å². The topological polar surface area (TPSA) is 89.2 Å². The Morgan fingerprint density at radius 3 is 2.68 bits per heavy atom. The van der Waals surface area contributed by atoms with Crippen molar-refractivity contribution < 1.29 is 9.90 Å². The van der Waals surface area contributed by atoms with Crippen LogP contribution in [0, 0.1) is 5.41 Å². The van der Waals surface area contributed by atoms with E-state index in [1.165, 1.54) is 0 Å². The number of carboxylic acids is 1. The van der Waals surface area contributed by atoms with Gasteiger partial charge >= 0.3 is 11.7 Å². The molecule has 0 unspecified atom stereocenters. The molecule has 1 saturated carbocycles. The maximum atomic E-state index is 11.2. The average Bonchev–Trinajstić information content (AvgIpc) is 3.03. The van der Waals surface area contributed by atoms with Crippen molar-refractivity contribution in [3.8, 4) is 0 Å². The van der Waals surface area contributed by atoms with E-state index in [1.54, 1.807) is 0 Å². The molecule has 1 heterocycles. The summed E-state index contributed by atoms with van der Waals surface area (Å²) in [5.74, 6) is -0.726. The molecule has 2 aromatic rings. The van der Waals surface area contributed by atoms with Gasteiger partial charge < -0.3 is 20.0 Å². The standard InChI is InChI=1S/C13H15N3O3/c1-16(7-13(4-5-13)11(17)18)8-2-3-9-10(6-8)15-12(19)14-9/h2-3,6H,4-5,7H2,1H3,(H,17,18)(H2,14,15,19). The molecule has 1 aliphatic rings. The lowest BCUT2D eigenvalue weighted by Gasteiger charge is -2.23. The Balaban J connectivity index is 1.87. The zero-order chi connectivity index (χ0) is 13.6. The summed E-state index contributed by atoms with van der Waals surface area (Å²) in [6, 6.07) is 5.55. The number of carbonyl (C=O) groups is 1. The van der Waals surface area contributed by atoms with E-state index in [0.29, 0.717) is 6.54 Å². The van der Waals surface area contributed by atoms with E-state index in [9.17, 15) is 14.7 Å². The summed E-state index contributed by atoms with van der Waals surface area (Å²) in [7, 11) is 1.87. The predicted octanol–water partition coefficient (Wildman–Crippen LogP) is 1.16. The van der Waals surface area contributed by atoms with Gasteiger partial charge in [0.05, 0.1) is 16.4 Å². The zero-order valence-electron chi connectivity index (χ0n) is 10.6. The number of aliphatic carboxylic acids is 1. The zero-order valence-corrected chi connectivity index (χ0v) is 10.6. The minimum absolute atomic E-state index is 0.237. The molecule has 1 aliphatic carbocycles. The number of anilines is 1. The molecule has 0 saturated heterocycles. The van der Waals surface area contributed by atoms with Crippen molar-refractivity contribution in [1.29, 1.82) is 0 Å². The fourth-order valence-corrected chi connectivity index (χ4v) is 2.39. The van der Waals surface area contributed by atoms with Crippen LogP contribution in [-0.4, -0.2) is 34.6 Å². The number of aromatic nitrogens is 2. The van der Waals surface area contributed by atoms with E-state index in [-0.39, 0.29) is 5.69 Å². The Labute approximate surface area is 109 Å². The molecule has 3 N–H and O–H groups in total. The van der Waals surface area contributed by atoms with Crippen molar-refractivity contribution in [3.63, 3.8) is 0 Å². The second kappa shape index (κ2) is 3.88. The molecule has 100 valence electrons. The highest BCUT2D eigenvalue weighted by molar-refractivity contribution is 5.81. The van der Waals surface area contributed by atoms with Crippen LogP contribution in [0.25, 0.3) is 11.0 Å². The SMILES string of the molecule is CN(CC1(C(=O)O)CC1)c1ccc2[nH]c(=O)[nH]c2c1. The number of hydrogen-bond donors (Lipinski definition) is 3. The molecule has 0 bridgehead atoms. The number of rotatable bonds is 4. The van der Waals surface area contributed by atoms with Gasteiger partial charge in [-0.3, -0.25) is 4.79 Å². The molecule has 1 aromatic heterocycles. The summed E-state index contributed by atoms with van der Waals surface area (Å²) in [6.45, 7) is 0.489. The number of benzene rings is 1. The van der Waals surface area contributed by atoms with E-state index in [4.69, 9.17) is 0 Å². The first-order valence-electron chi connectivity index (χ1n) is 6.17. The number of hydrogen-bond acceptors (Lipinski definition) is 3. The summed E-state index contributed by atoms with van der Waals surface area (Å²) in [4.78, 5) is 29.7. The maximum Gasteiger partial charge on any atom is 0.323 e. The van der Waals surface area contributed by atoms with Gasteiger partial charge in [0.2, 0.25) is 0 Å². The van der Waals surface area contributed by atoms with Crippen molar-refractivity contribution in [2.24, 2.45) is 5.41 Å². The fraction of sp³-hybridized carbons (Fsp3) is 0.385. The third-order valence-electron chi connectivity index (χ3n) is 3.79. The van der Waals surface area contributed by atoms with Crippen molar-refractivity contribution >= 4 is 22.7 Å². The number of aromatic amines is 2. The number of imidazole rings is 1. The Hall–Kier alpha value is -2.24.